The number of aryl methyl sites for hydroxylation is 1. The lowest BCUT2D eigenvalue weighted by Gasteiger charge is -2.05. The van der Waals surface area contributed by atoms with Gasteiger partial charge in [-0.2, -0.15) is 0 Å². The molecule has 19 heavy (non-hydrogen) atoms. The van der Waals surface area contributed by atoms with E-state index in [1.54, 1.807) is 6.92 Å². The van der Waals surface area contributed by atoms with Gasteiger partial charge < -0.3 is 20.6 Å². The van der Waals surface area contributed by atoms with Gasteiger partial charge in [-0.05, 0) is 38.1 Å². The standard InChI is InChI=1S/C14H16N2O3/c1-3-19-10-6-4-9(5-7-10)13-12(15)11(14(17)18)8(2)16-13/h4-7,16H,3,15H2,1-2H3,(H,17,18). The highest BCUT2D eigenvalue weighted by Gasteiger charge is 2.18. The zero-order valence-corrected chi connectivity index (χ0v) is 10.9. The molecule has 0 aliphatic heterocycles. The van der Waals surface area contributed by atoms with Crippen molar-refractivity contribution in [3.8, 4) is 17.0 Å². The summed E-state index contributed by atoms with van der Waals surface area (Å²) in [6.45, 7) is 4.21. The minimum atomic E-state index is -1.02. The molecule has 0 bridgehead atoms. The van der Waals surface area contributed by atoms with Crippen molar-refractivity contribution in [2.24, 2.45) is 0 Å². The summed E-state index contributed by atoms with van der Waals surface area (Å²) in [7, 11) is 0. The molecule has 5 heteroatoms. The third-order valence-corrected chi connectivity index (χ3v) is 2.89. The van der Waals surface area contributed by atoms with Gasteiger partial charge in [0.25, 0.3) is 0 Å². The van der Waals surface area contributed by atoms with E-state index in [1.165, 1.54) is 0 Å². The van der Waals surface area contributed by atoms with Gasteiger partial charge in [-0.1, -0.05) is 0 Å². The van der Waals surface area contributed by atoms with Crippen molar-refractivity contribution in [2.45, 2.75) is 13.8 Å². The summed E-state index contributed by atoms with van der Waals surface area (Å²) in [4.78, 5) is 14.1. The number of nitrogen functional groups attached to an aromatic ring is 1. The largest absolute Gasteiger partial charge is 0.494 e. The van der Waals surface area contributed by atoms with E-state index in [-0.39, 0.29) is 11.3 Å². The molecule has 0 spiro atoms. The van der Waals surface area contributed by atoms with Crippen molar-refractivity contribution in [3.05, 3.63) is 35.5 Å². The number of benzene rings is 1. The average molecular weight is 260 g/mol. The summed E-state index contributed by atoms with van der Waals surface area (Å²) in [5.74, 6) is -0.255. The van der Waals surface area contributed by atoms with Crippen LogP contribution in [-0.2, 0) is 0 Å². The fourth-order valence-corrected chi connectivity index (χ4v) is 2.03. The lowest BCUT2D eigenvalue weighted by molar-refractivity contribution is 0.0697. The number of ether oxygens (including phenoxy) is 1. The summed E-state index contributed by atoms with van der Waals surface area (Å²) >= 11 is 0. The van der Waals surface area contributed by atoms with Gasteiger partial charge in [0.05, 0.1) is 18.0 Å². The van der Waals surface area contributed by atoms with Crippen LogP contribution in [0, 0.1) is 6.92 Å². The van der Waals surface area contributed by atoms with Crippen LogP contribution < -0.4 is 10.5 Å². The van der Waals surface area contributed by atoms with E-state index >= 15 is 0 Å². The van der Waals surface area contributed by atoms with Gasteiger partial charge >= 0.3 is 5.97 Å². The zero-order valence-electron chi connectivity index (χ0n) is 10.9. The first kappa shape index (κ1) is 13.0. The number of aromatic amines is 1. The number of carboxylic acid groups (broad SMARTS) is 1. The van der Waals surface area contributed by atoms with Crippen LogP contribution in [0.15, 0.2) is 24.3 Å². The van der Waals surface area contributed by atoms with Gasteiger partial charge in [0.1, 0.15) is 11.3 Å². The number of rotatable bonds is 4. The quantitative estimate of drug-likeness (QED) is 0.788. The highest BCUT2D eigenvalue weighted by atomic mass is 16.5. The summed E-state index contributed by atoms with van der Waals surface area (Å²) < 4.78 is 5.36. The molecule has 0 radical (unpaired) electrons. The summed E-state index contributed by atoms with van der Waals surface area (Å²) in [5, 5.41) is 9.10. The molecule has 0 aliphatic carbocycles. The van der Waals surface area contributed by atoms with Gasteiger partial charge in [-0.15, -0.1) is 0 Å². The Morgan fingerprint density at radius 1 is 1.37 bits per heavy atom. The Labute approximate surface area is 111 Å². The number of carboxylic acids is 1. The monoisotopic (exact) mass is 260 g/mol. The number of nitrogens with one attached hydrogen (secondary N) is 1. The Kier molecular flexibility index (Phi) is 3.46. The van der Waals surface area contributed by atoms with Crippen LogP contribution in [0.3, 0.4) is 0 Å². The van der Waals surface area contributed by atoms with Crippen LogP contribution in [0.5, 0.6) is 5.75 Å². The summed E-state index contributed by atoms with van der Waals surface area (Å²) in [6, 6.07) is 7.35. The molecular formula is C14H16N2O3. The fraction of sp³-hybridized carbons (Fsp3) is 0.214. The SMILES string of the molecule is CCOc1ccc(-c2[nH]c(C)c(C(=O)O)c2N)cc1. The molecule has 2 rings (SSSR count). The van der Waals surface area contributed by atoms with Crippen LogP contribution >= 0.6 is 0 Å². The number of aromatic carboxylic acids is 1. The Bertz CT molecular complexity index is 600. The molecule has 0 fully saturated rings. The molecule has 4 N–H and O–H groups in total. The molecule has 0 saturated heterocycles. The van der Waals surface area contributed by atoms with Crippen LogP contribution in [0.25, 0.3) is 11.3 Å². The van der Waals surface area contributed by atoms with Crippen molar-refractivity contribution < 1.29 is 14.6 Å². The summed E-state index contributed by atoms with van der Waals surface area (Å²) in [6.07, 6.45) is 0. The molecule has 0 aliphatic rings. The molecule has 0 amide bonds. The van der Waals surface area contributed by atoms with Gasteiger partial charge in [-0.3, -0.25) is 0 Å². The van der Waals surface area contributed by atoms with Crippen LogP contribution in [-0.4, -0.2) is 22.7 Å². The molecule has 0 saturated carbocycles. The first-order chi connectivity index (χ1) is 9.04. The third kappa shape index (κ3) is 2.40. The Morgan fingerprint density at radius 3 is 2.47 bits per heavy atom. The van der Waals surface area contributed by atoms with E-state index in [1.807, 2.05) is 31.2 Å². The second-order valence-corrected chi connectivity index (χ2v) is 4.18. The zero-order chi connectivity index (χ0) is 14.0. The van der Waals surface area contributed by atoms with Gasteiger partial charge in [0.15, 0.2) is 0 Å². The number of hydrogen-bond donors (Lipinski definition) is 3. The highest BCUT2D eigenvalue weighted by Crippen LogP contribution is 2.31. The van der Waals surface area contributed by atoms with Crippen molar-refractivity contribution in [2.75, 3.05) is 12.3 Å². The van der Waals surface area contributed by atoms with Crippen molar-refractivity contribution in [1.29, 1.82) is 0 Å². The molecule has 2 aromatic rings. The van der Waals surface area contributed by atoms with E-state index in [2.05, 4.69) is 4.98 Å². The van der Waals surface area contributed by atoms with Gasteiger partial charge in [0.2, 0.25) is 0 Å². The number of aromatic nitrogens is 1. The van der Waals surface area contributed by atoms with Crippen LogP contribution in [0.2, 0.25) is 0 Å². The second kappa shape index (κ2) is 5.06. The number of hydrogen-bond acceptors (Lipinski definition) is 3. The van der Waals surface area contributed by atoms with E-state index in [0.29, 0.717) is 18.0 Å². The highest BCUT2D eigenvalue weighted by molar-refractivity contribution is 5.99. The predicted molar refractivity (Wildman–Crippen MR) is 73.5 cm³/mol. The topological polar surface area (TPSA) is 88.3 Å². The van der Waals surface area contributed by atoms with Crippen molar-refractivity contribution in [1.82, 2.24) is 4.98 Å². The molecule has 1 aromatic carbocycles. The van der Waals surface area contributed by atoms with Crippen molar-refractivity contribution in [3.63, 3.8) is 0 Å². The van der Waals surface area contributed by atoms with Crippen LogP contribution in [0.4, 0.5) is 5.69 Å². The predicted octanol–water partition coefficient (Wildman–Crippen LogP) is 2.67. The molecule has 5 nitrogen and oxygen atoms in total. The van der Waals surface area contributed by atoms with Crippen molar-refractivity contribution >= 4 is 11.7 Å². The number of carbonyl (C=O) groups is 1. The number of nitrogens with two attached hydrogens (primary N) is 1. The summed E-state index contributed by atoms with van der Waals surface area (Å²) in [5.41, 5.74) is 8.28. The Morgan fingerprint density at radius 2 is 2.00 bits per heavy atom. The maximum absolute atomic E-state index is 11.1. The average Bonchev–Trinajstić information content (AvgIpc) is 2.66. The van der Waals surface area contributed by atoms with E-state index in [4.69, 9.17) is 15.6 Å². The maximum atomic E-state index is 11.1. The Hall–Kier alpha value is -2.43. The fourth-order valence-electron chi connectivity index (χ4n) is 2.03. The van der Waals surface area contributed by atoms with E-state index in [9.17, 15) is 4.79 Å². The van der Waals surface area contributed by atoms with E-state index < -0.39 is 5.97 Å². The first-order valence-electron chi connectivity index (χ1n) is 5.99. The lowest BCUT2D eigenvalue weighted by atomic mass is 10.1. The van der Waals surface area contributed by atoms with Gasteiger partial charge in [-0.25, -0.2) is 4.79 Å². The molecule has 0 atom stereocenters. The molecular weight excluding hydrogens is 244 g/mol. The number of anilines is 1. The normalized spacial score (nSPS) is 10.4. The molecule has 100 valence electrons. The Balaban J connectivity index is 2.42. The molecule has 1 heterocycles. The lowest BCUT2D eigenvalue weighted by Crippen LogP contribution is -2.01. The number of H-pyrrole nitrogens is 1. The minimum absolute atomic E-state index is 0.129. The smallest absolute Gasteiger partial charge is 0.339 e. The van der Waals surface area contributed by atoms with E-state index in [0.717, 1.165) is 11.3 Å². The third-order valence-electron chi connectivity index (χ3n) is 2.89. The van der Waals surface area contributed by atoms with Gasteiger partial charge in [0, 0.05) is 11.3 Å². The second-order valence-electron chi connectivity index (χ2n) is 4.18. The molecule has 1 aromatic heterocycles. The minimum Gasteiger partial charge on any atom is -0.494 e. The maximum Gasteiger partial charge on any atom is 0.339 e. The first-order valence-corrected chi connectivity index (χ1v) is 5.99. The molecule has 0 unspecified atom stereocenters. The van der Waals surface area contributed by atoms with Crippen LogP contribution in [0.1, 0.15) is 23.0 Å².